The maximum absolute atomic E-state index is 12.1. The molecule has 29 heavy (non-hydrogen) atoms. The quantitative estimate of drug-likeness (QED) is 0.249. The van der Waals surface area contributed by atoms with Gasteiger partial charge in [0.15, 0.2) is 6.61 Å². The molecule has 0 unspecified atom stereocenters. The summed E-state index contributed by atoms with van der Waals surface area (Å²) in [6.45, 7) is 3.73. The Hall–Kier alpha value is -3.84. The standard InChI is InChI=1S/C25H21NO3/c1-18-8-9-19(2)24(14-18)28-17-25(27)29-23-12-10-20(11-13-23)15-22(16-26)21-6-4-3-5-7-21/h3-15H,17H2,1-2H3/b22-15-. The summed E-state index contributed by atoms with van der Waals surface area (Å²) in [6.07, 6.45) is 1.80. The highest BCUT2D eigenvalue weighted by atomic mass is 16.6. The number of esters is 1. The van der Waals surface area contributed by atoms with E-state index in [1.807, 2.05) is 62.4 Å². The summed E-state index contributed by atoms with van der Waals surface area (Å²) >= 11 is 0. The molecular formula is C25H21NO3. The number of carbonyl (C=O) groups is 1. The smallest absolute Gasteiger partial charge is 0.349 e. The molecular weight excluding hydrogens is 362 g/mol. The summed E-state index contributed by atoms with van der Waals surface area (Å²) in [7, 11) is 0. The SMILES string of the molecule is Cc1ccc(C)c(OCC(=O)Oc2ccc(/C=C(/C#N)c3ccccc3)cc2)c1. The van der Waals surface area contributed by atoms with Gasteiger partial charge in [0, 0.05) is 0 Å². The first-order chi connectivity index (χ1) is 14.0. The van der Waals surface area contributed by atoms with Crippen molar-refractivity contribution >= 4 is 17.6 Å². The Morgan fingerprint density at radius 1 is 1.00 bits per heavy atom. The van der Waals surface area contributed by atoms with Gasteiger partial charge in [-0.25, -0.2) is 4.79 Å². The Kier molecular flexibility index (Phi) is 6.44. The van der Waals surface area contributed by atoms with Gasteiger partial charge < -0.3 is 9.47 Å². The van der Waals surface area contributed by atoms with E-state index in [9.17, 15) is 10.1 Å². The number of allylic oxidation sites excluding steroid dienone is 1. The normalized spacial score (nSPS) is 10.9. The van der Waals surface area contributed by atoms with Crippen LogP contribution < -0.4 is 9.47 Å². The highest BCUT2D eigenvalue weighted by Gasteiger charge is 2.08. The first-order valence-electron chi connectivity index (χ1n) is 9.23. The zero-order valence-electron chi connectivity index (χ0n) is 16.4. The van der Waals surface area contributed by atoms with Crippen LogP contribution in [0.2, 0.25) is 0 Å². The molecule has 0 bridgehead atoms. The van der Waals surface area contributed by atoms with Crippen molar-refractivity contribution in [3.63, 3.8) is 0 Å². The zero-order valence-corrected chi connectivity index (χ0v) is 16.4. The average molecular weight is 383 g/mol. The van der Waals surface area contributed by atoms with E-state index in [0.29, 0.717) is 17.1 Å². The number of aryl methyl sites for hydroxylation is 2. The lowest BCUT2D eigenvalue weighted by molar-refractivity contribution is -0.136. The van der Waals surface area contributed by atoms with Gasteiger partial charge >= 0.3 is 5.97 Å². The molecule has 0 aromatic heterocycles. The molecule has 3 aromatic carbocycles. The van der Waals surface area contributed by atoms with E-state index in [4.69, 9.17) is 9.47 Å². The van der Waals surface area contributed by atoms with Crippen LogP contribution in [-0.4, -0.2) is 12.6 Å². The average Bonchev–Trinajstić information content (AvgIpc) is 2.74. The molecule has 0 fully saturated rings. The Morgan fingerprint density at radius 2 is 1.72 bits per heavy atom. The third kappa shape index (κ3) is 5.57. The number of nitrogens with zero attached hydrogens (tertiary/aromatic N) is 1. The molecule has 4 heteroatoms. The van der Waals surface area contributed by atoms with Crippen molar-refractivity contribution in [3.05, 3.63) is 95.1 Å². The van der Waals surface area contributed by atoms with Crippen molar-refractivity contribution in [2.45, 2.75) is 13.8 Å². The summed E-state index contributed by atoms with van der Waals surface area (Å²) in [5.41, 5.74) is 4.30. The van der Waals surface area contributed by atoms with Crippen molar-refractivity contribution in [3.8, 4) is 17.6 Å². The molecule has 0 amide bonds. The number of benzene rings is 3. The van der Waals surface area contributed by atoms with Crippen molar-refractivity contribution in [2.75, 3.05) is 6.61 Å². The number of hydrogen-bond acceptors (Lipinski definition) is 4. The summed E-state index contributed by atoms with van der Waals surface area (Å²) in [4.78, 5) is 12.1. The molecule has 0 N–H and O–H groups in total. The van der Waals surface area contributed by atoms with Crippen molar-refractivity contribution < 1.29 is 14.3 Å². The van der Waals surface area contributed by atoms with Gasteiger partial charge in [0.1, 0.15) is 11.5 Å². The third-order valence-corrected chi connectivity index (χ3v) is 4.32. The largest absolute Gasteiger partial charge is 0.482 e. The number of rotatable bonds is 6. The fourth-order valence-electron chi connectivity index (χ4n) is 2.76. The first kappa shape index (κ1) is 19.9. The van der Waals surface area contributed by atoms with Gasteiger partial charge in [0.2, 0.25) is 0 Å². The van der Waals surface area contributed by atoms with Crippen LogP contribution in [0.3, 0.4) is 0 Å². The minimum atomic E-state index is -0.476. The number of carbonyl (C=O) groups excluding carboxylic acids is 1. The molecule has 0 spiro atoms. The molecule has 4 nitrogen and oxygen atoms in total. The predicted molar refractivity (Wildman–Crippen MR) is 113 cm³/mol. The molecule has 0 aliphatic carbocycles. The Bertz CT molecular complexity index is 1060. The van der Waals surface area contributed by atoms with E-state index < -0.39 is 5.97 Å². The molecule has 0 saturated heterocycles. The predicted octanol–water partition coefficient (Wildman–Crippen LogP) is 5.35. The fraction of sp³-hybridized carbons (Fsp3) is 0.120. The molecule has 144 valence electrons. The summed E-state index contributed by atoms with van der Waals surface area (Å²) in [5, 5.41) is 9.40. The Labute approximate surface area is 170 Å². The van der Waals surface area contributed by atoms with Crippen LogP contribution in [-0.2, 0) is 4.79 Å². The van der Waals surface area contributed by atoms with E-state index in [1.54, 1.807) is 30.3 Å². The minimum absolute atomic E-state index is 0.168. The van der Waals surface area contributed by atoms with Gasteiger partial charge in [-0.15, -0.1) is 0 Å². The monoisotopic (exact) mass is 383 g/mol. The van der Waals surface area contributed by atoms with Crippen LogP contribution in [0.1, 0.15) is 22.3 Å². The second kappa shape index (κ2) is 9.38. The van der Waals surface area contributed by atoms with Crippen molar-refractivity contribution in [2.24, 2.45) is 0 Å². The van der Waals surface area contributed by atoms with Gasteiger partial charge in [-0.1, -0.05) is 54.6 Å². The van der Waals surface area contributed by atoms with Crippen LogP contribution in [0.15, 0.2) is 72.8 Å². The van der Waals surface area contributed by atoms with E-state index in [0.717, 1.165) is 22.3 Å². The molecule has 0 aliphatic heterocycles. The minimum Gasteiger partial charge on any atom is -0.482 e. The van der Waals surface area contributed by atoms with Crippen LogP contribution in [0.5, 0.6) is 11.5 Å². The second-order valence-corrected chi connectivity index (χ2v) is 6.64. The maximum Gasteiger partial charge on any atom is 0.349 e. The molecule has 3 aromatic rings. The third-order valence-electron chi connectivity index (χ3n) is 4.32. The number of nitriles is 1. The zero-order chi connectivity index (χ0) is 20.6. The molecule has 0 heterocycles. The molecule has 0 aliphatic rings. The lowest BCUT2D eigenvalue weighted by atomic mass is 10.0. The lowest BCUT2D eigenvalue weighted by Gasteiger charge is -2.10. The summed E-state index contributed by atoms with van der Waals surface area (Å²) < 4.78 is 10.9. The van der Waals surface area contributed by atoms with E-state index in [-0.39, 0.29) is 6.61 Å². The summed E-state index contributed by atoms with van der Waals surface area (Å²) in [6, 6.07) is 24.5. The van der Waals surface area contributed by atoms with Crippen LogP contribution >= 0.6 is 0 Å². The van der Waals surface area contributed by atoms with E-state index in [2.05, 4.69) is 6.07 Å². The van der Waals surface area contributed by atoms with Gasteiger partial charge in [-0.05, 0) is 60.4 Å². The first-order valence-corrected chi connectivity index (χ1v) is 9.23. The van der Waals surface area contributed by atoms with Crippen molar-refractivity contribution in [1.29, 1.82) is 5.26 Å². The maximum atomic E-state index is 12.1. The van der Waals surface area contributed by atoms with E-state index >= 15 is 0 Å². The van der Waals surface area contributed by atoms with Crippen LogP contribution in [0, 0.1) is 25.2 Å². The van der Waals surface area contributed by atoms with Crippen LogP contribution in [0.25, 0.3) is 11.6 Å². The second-order valence-electron chi connectivity index (χ2n) is 6.64. The lowest BCUT2D eigenvalue weighted by Crippen LogP contribution is -2.18. The van der Waals surface area contributed by atoms with E-state index in [1.165, 1.54) is 0 Å². The van der Waals surface area contributed by atoms with Crippen LogP contribution in [0.4, 0.5) is 0 Å². The highest BCUT2D eigenvalue weighted by molar-refractivity contribution is 5.89. The Morgan fingerprint density at radius 3 is 2.41 bits per heavy atom. The van der Waals surface area contributed by atoms with Gasteiger partial charge in [0.25, 0.3) is 0 Å². The number of ether oxygens (including phenoxy) is 2. The fourth-order valence-corrected chi connectivity index (χ4v) is 2.76. The molecule has 0 radical (unpaired) electrons. The molecule has 3 rings (SSSR count). The van der Waals surface area contributed by atoms with Gasteiger partial charge in [0.05, 0.1) is 11.6 Å². The van der Waals surface area contributed by atoms with Crippen molar-refractivity contribution in [1.82, 2.24) is 0 Å². The van der Waals surface area contributed by atoms with Gasteiger partial charge in [-0.3, -0.25) is 0 Å². The Balaban J connectivity index is 1.61. The highest BCUT2D eigenvalue weighted by Crippen LogP contribution is 2.21. The summed E-state index contributed by atoms with van der Waals surface area (Å²) in [5.74, 6) is 0.624. The topological polar surface area (TPSA) is 59.3 Å². The number of hydrogen-bond donors (Lipinski definition) is 0. The molecule has 0 atom stereocenters. The van der Waals surface area contributed by atoms with Gasteiger partial charge in [-0.2, -0.15) is 5.26 Å². The molecule has 0 saturated carbocycles.